The molecule has 0 aromatic heterocycles. The second-order valence-corrected chi connectivity index (χ2v) is 3.85. The summed E-state index contributed by atoms with van der Waals surface area (Å²) in [5.41, 5.74) is -2.03. The van der Waals surface area contributed by atoms with E-state index in [-0.39, 0.29) is 6.07 Å². The Morgan fingerprint density at radius 2 is 1.85 bits per heavy atom. The first-order chi connectivity index (χ1) is 9.12. The van der Waals surface area contributed by atoms with Gasteiger partial charge in [0.05, 0.1) is 5.56 Å². The molecule has 0 saturated carbocycles. The van der Waals surface area contributed by atoms with Crippen LogP contribution >= 0.6 is 0 Å². The van der Waals surface area contributed by atoms with Crippen molar-refractivity contribution in [2.75, 3.05) is 0 Å². The molecule has 0 bridgehead atoms. The summed E-state index contributed by atoms with van der Waals surface area (Å²) in [6.07, 6.45) is -4.66. The third-order valence-electron chi connectivity index (χ3n) is 2.21. The van der Waals surface area contributed by atoms with Crippen molar-refractivity contribution in [3.05, 3.63) is 41.0 Å². The van der Waals surface area contributed by atoms with Crippen molar-refractivity contribution in [3.8, 4) is 0 Å². The van der Waals surface area contributed by atoms with Gasteiger partial charge < -0.3 is 5.11 Å². The van der Waals surface area contributed by atoms with Gasteiger partial charge in [-0.1, -0.05) is 0 Å². The van der Waals surface area contributed by atoms with Crippen molar-refractivity contribution in [3.63, 3.8) is 0 Å². The lowest BCUT2D eigenvalue weighted by Gasteiger charge is -2.06. The van der Waals surface area contributed by atoms with Gasteiger partial charge in [-0.25, -0.2) is 4.39 Å². The fourth-order valence-electron chi connectivity index (χ4n) is 1.27. The zero-order valence-electron chi connectivity index (χ0n) is 10.5. The molecule has 20 heavy (non-hydrogen) atoms. The summed E-state index contributed by atoms with van der Waals surface area (Å²) >= 11 is 0. The van der Waals surface area contributed by atoms with E-state index in [1.54, 1.807) is 0 Å². The monoisotopic (exact) mass is 290 g/mol. The number of allylic oxidation sites excluding steroid dienone is 2. The summed E-state index contributed by atoms with van der Waals surface area (Å²) < 4.78 is 50.4. The van der Waals surface area contributed by atoms with E-state index in [2.05, 4.69) is 10.2 Å². The van der Waals surface area contributed by atoms with Gasteiger partial charge in [-0.3, -0.25) is 4.79 Å². The van der Waals surface area contributed by atoms with Gasteiger partial charge in [-0.2, -0.15) is 13.2 Å². The summed E-state index contributed by atoms with van der Waals surface area (Å²) in [5, 5.41) is 15.8. The van der Waals surface area contributed by atoms with E-state index in [0.717, 1.165) is 13.0 Å². The van der Waals surface area contributed by atoms with Crippen LogP contribution in [0.3, 0.4) is 0 Å². The van der Waals surface area contributed by atoms with Crippen molar-refractivity contribution < 1.29 is 27.5 Å². The van der Waals surface area contributed by atoms with Crippen molar-refractivity contribution >= 4 is 11.5 Å². The van der Waals surface area contributed by atoms with E-state index < -0.39 is 40.5 Å². The Bertz CT molecular complexity index is 588. The zero-order valence-corrected chi connectivity index (χ0v) is 10.5. The van der Waals surface area contributed by atoms with Crippen LogP contribution in [-0.2, 0) is 11.0 Å². The first-order valence-electron chi connectivity index (χ1n) is 5.32. The van der Waals surface area contributed by atoms with Gasteiger partial charge in [0.15, 0.2) is 17.3 Å². The Morgan fingerprint density at radius 1 is 1.25 bits per heavy atom. The number of carbonyl (C=O) groups is 1. The van der Waals surface area contributed by atoms with Crippen LogP contribution in [0, 0.1) is 5.82 Å². The van der Waals surface area contributed by atoms with Crippen LogP contribution in [0.25, 0.3) is 0 Å². The Labute approximate surface area is 111 Å². The first kappa shape index (κ1) is 15.8. The highest BCUT2D eigenvalue weighted by Gasteiger charge is 2.31. The highest BCUT2D eigenvalue weighted by atomic mass is 19.4. The van der Waals surface area contributed by atoms with E-state index in [1.807, 2.05) is 0 Å². The molecular formula is C12H10F4N2O2. The summed E-state index contributed by atoms with van der Waals surface area (Å²) in [4.78, 5) is 11.1. The molecule has 0 aliphatic carbocycles. The van der Waals surface area contributed by atoms with Crippen LogP contribution in [0.1, 0.15) is 19.4 Å². The van der Waals surface area contributed by atoms with Crippen molar-refractivity contribution in [2.24, 2.45) is 10.2 Å². The smallest absolute Gasteiger partial charge is 0.416 e. The number of halogens is 4. The Hall–Kier alpha value is -2.25. The van der Waals surface area contributed by atoms with Crippen LogP contribution in [0.5, 0.6) is 0 Å². The predicted molar refractivity (Wildman–Crippen MR) is 61.9 cm³/mol. The number of carbonyl (C=O) groups excluding carboxylic acids is 1. The molecule has 0 heterocycles. The number of rotatable bonds is 3. The van der Waals surface area contributed by atoms with Gasteiger partial charge in [0.25, 0.3) is 0 Å². The number of hydrogen-bond donors (Lipinski definition) is 1. The van der Waals surface area contributed by atoms with E-state index in [1.165, 1.54) is 6.92 Å². The number of benzene rings is 1. The van der Waals surface area contributed by atoms with Crippen LogP contribution in [0.4, 0.5) is 23.2 Å². The lowest BCUT2D eigenvalue weighted by Crippen LogP contribution is -2.04. The summed E-state index contributed by atoms with van der Waals surface area (Å²) in [6, 6.07) is 1.70. The lowest BCUT2D eigenvalue weighted by molar-refractivity contribution is -0.137. The number of aliphatic hydroxyl groups is 1. The highest BCUT2D eigenvalue weighted by molar-refractivity contribution is 5.93. The molecule has 108 valence electrons. The van der Waals surface area contributed by atoms with E-state index in [4.69, 9.17) is 5.11 Å². The molecule has 1 aromatic rings. The zero-order chi connectivity index (χ0) is 15.5. The van der Waals surface area contributed by atoms with E-state index in [9.17, 15) is 22.4 Å². The highest BCUT2D eigenvalue weighted by Crippen LogP contribution is 2.32. The molecule has 1 aromatic carbocycles. The predicted octanol–water partition coefficient (Wildman–Crippen LogP) is 4.31. The maximum atomic E-state index is 13.4. The Balaban J connectivity index is 3.12. The number of azo groups is 1. The second kappa shape index (κ2) is 5.81. The molecule has 0 radical (unpaired) electrons. The lowest BCUT2D eigenvalue weighted by atomic mass is 10.2. The Kier molecular flexibility index (Phi) is 4.59. The standard InChI is InChI=1S/C12H10F4N2O2/c1-6(19)11(7(2)20)18-17-10-4-3-8(5-9(10)13)12(14,15)16/h3-5,19H,1-2H3. The van der Waals surface area contributed by atoms with Gasteiger partial charge in [0.2, 0.25) is 0 Å². The van der Waals surface area contributed by atoms with Crippen LogP contribution in [0.2, 0.25) is 0 Å². The number of Topliss-reactive ketones (excluding diaryl/α,β-unsaturated/α-hetero) is 1. The van der Waals surface area contributed by atoms with Crippen LogP contribution < -0.4 is 0 Å². The number of alkyl halides is 3. The van der Waals surface area contributed by atoms with E-state index in [0.29, 0.717) is 6.07 Å². The molecule has 1 rings (SSSR count). The minimum atomic E-state index is -4.66. The molecular weight excluding hydrogens is 280 g/mol. The molecule has 0 spiro atoms. The molecule has 0 atom stereocenters. The number of hydrogen-bond acceptors (Lipinski definition) is 4. The average Bonchev–Trinajstić information content (AvgIpc) is 2.28. The maximum Gasteiger partial charge on any atom is 0.416 e. The van der Waals surface area contributed by atoms with Crippen LogP contribution in [-0.4, -0.2) is 10.9 Å². The van der Waals surface area contributed by atoms with Gasteiger partial charge in [-0.15, -0.1) is 10.2 Å². The fraction of sp³-hybridized carbons (Fsp3) is 0.250. The Morgan fingerprint density at radius 3 is 2.25 bits per heavy atom. The van der Waals surface area contributed by atoms with Gasteiger partial charge in [0.1, 0.15) is 11.4 Å². The summed E-state index contributed by atoms with van der Waals surface area (Å²) in [7, 11) is 0. The van der Waals surface area contributed by atoms with Crippen molar-refractivity contribution in [2.45, 2.75) is 20.0 Å². The molecule has 0 fully saturated rings. The number of ketones is 1. The summed E-state index contributed by atoms with van der Waals surface area (Å²) in [5.74, 6) is -2.27. The number of aliphatic hydroxyl groups excluding tert-OH is 1. The second-order valence-electron chi connectivity index (χ2n) is 3.85. The molecule has 0 unspecified atom stereocenters. The van der Waals surface area contributed by atoms with Gasteiger partial charge in [0, 0.05) is 6.92 Å². The molecule has 1 N–H and O–H groups in total. The quantitative estimate of drug-likeness (QED) is 0.390. The molecule has 0 amide bonds. The van der Waals surface area contributed by atoms with Crippen molar-refractivity contribution in [1.29, 1.82) is 0 Å². The summed E-state index contributed by atoms with van der Waals surface area (Å²) in [6.45, 7) is 2.29. The van der Waals surface area contributed by atoms with Crippen LogP contribution in [0.15, 0.2) is 39.9 Å². The van der Waals surface area contributed by atoms with E-state index >= 15 is 0 Å². The first-order valence-corrected chi connectivity index (χ1v) is 5.32. The molecule has 8 heteroatoms. The SMILES string of the molecule is CC(=O)C(N=Nc1ccc(C(F)(F)F)cc1F)=C(C)O. The third-order valence-corrected chi connectivity index (χ3v) is 2.21. The fourth-order valence-corrected chi connectivity index (χ4v) is 1.27. The normalized spacial score (nSPS) is 13.5. The molecule has 0 aliphatic rings. The molecule has 0 aliphatic heterocycles. The third kappa shape index (κ3) is 3.87. The number of nitrogens with zero attached hydrogens (tertiary/aromatic N) is 2. The average molecular weight is 290 g/mol. The largest absolute Gasteiger partial charge is 0.510 e. The maximum absolute atomic E-state index is 13.4. The molecule has 0 saturated heterocycles. The van der Waals surface area contributed by atoms with Crippen molar-refractivity contribution in [1.82, 2.24) is 0 Å². The minimum Gasteiger partial charge on any atom is -0.510 e. The topological polar surface area (TPSA) is 62.0 Å². The minimum absolute atomic E-state index is 0.275. The van der Waals surface area contributed by atoms with Gasteiger partial charge >= 0.3 is 6.18 Å². The molecule has 4 nitrogen and oxygen atoms in total. The van der Waals surface area contributed by atoms with Gasteiger partial charge in [-0.05, 0) is 25.1 Å².